The van der Waals surface area contributed by atoms with E-state index in [-0.39, 0.29) is 39.8 Å². The second-order valence-corrected chi connectivity index (χ2v) is 6.82. The number of benzene rings is 4. The van der Waals surface area contributed by atoms with E-state index in [1.807, 2.05) is 0 Å². The predicted octanol–water partition coefficient (Wildman–Crippen LogP) is 5.35. The first kappa shape index (κ1) is 19.9. The molecule has 0 amide bonds. The molecule has 0 saturated heterocycles. The van der Waals surface area contributed by atoms with Crippen LogP contribution in [0.1, 0.15) is 31.8 Å². The van der Waals surface area contributed by atoms with Crippen molar-refractivity contribution in [1.29, 1.82) is 0 Å². The lowest BCUT2D eigenvalue weighted by Gasteiger charge is -2.12. The van der Waals surface area contributed by atoms with E-state index in [9.17, 15) is 19.8 Å². The molecule has 4 aromatic carbocycles. The van der Waals surface area contributed by atoms with E-state index < -0.39 is 0 Å². The molecule has 2 N–H and O–H groups in total. The van der Waals surface area contributed by atoms with Crippen molar-refractivity contribution in [2.24, 2.45) is 0 Å². The summed E-state index contributed by atoms with van der Waals surface area (Å²) in [7, 11) is 0. The van der Waals surface area contributed by atoms with Gasteiger partial charge in [0, 0.05) is 5.56 Å². The van der Waals surface area contributed by atoms with Crippen LogP contribution in [-0.2, 0) is 0 Å². The summed E-state index contributed by atoms with van der Waals surface area (Å²) in [5, 5.41) is 20.0. The van der Waals surface area contributed by atoms with Gasteiger partial charge in [-0.05, 0) is 48.5 Å². The highest BCUT2D eigenvalue weighted by molar-refractivity contribution is 6.12. The second kappa shape index (κ2) is 8.55. The molecule has 0 aliphatic rings. The zero-order valence-electron chi connectivity index (χ0n) is 16.4. The Morgan fingerprint density at radius 2 is 1.13 bits per heavy atom. The molecule has 4 aromatic rings. The summed E-state index contributed by atoms with van der Waals surface area (Å²) in [6, 6.07) is 25.8. The number of phenols is 2. The van der Waals surface area contributed by atoms with Crippen LogP contribution in [0, 0.1) is 0 Å². The van der Waals surface area contributed by atoms with Gasteiger partial charge in [-0.15, -0.1) is 0 Å². The number of phenolic OH excluding ortho intramolecular Hbond substituents is 2. The molecule has 0 spiro atoms. The number of carbonyl (C=O) groups is 2. The minimum Gasteiger partial charge on any atom is -0.507 e. The topological polar surface area (TPSA) is 83.8 Å². The van der Waals surface area contributed by atoms with Crippen molar-refractivity contribution in [3.63, 3.8) is 0 Å². The number of hydrogen-bond donors (Lipinski definition) is 2. The third-order valence-corrected chi connectivity index (χ3v) is 4.75. The molecule has 0 aliphatic heterocycles. The minimum atomic E-state index is -0.380. The average Bonchev–Trinajstić information content (AvgIpc) is 2.79. The largest absolute Gasteiger partial charge is 0.507 e. The Morgan fingerprint density at radius 3 is 1.77 bits per heavy atom. The Morgan fingerprint density at radius 1 is 0.581 bits per heavy atom. The first-order chi connectivity index (χ1) is 15.0. The van der Waals surface area contributed by atoms with Gasteiger partial charge in [0.15, 0.2) is 11.6 Å². The van der Waals surface area contributed by atoms with Crippen LogP contribution < -0.4 is 4.74 Å². The van der Waals surface area contributed by atoms with Gasteiger partial charge in [0.2, 0.25) is 0 Å². The highest BCUT2D eigenvalue weighted by Crippen LogP contribution is 2.30. The lowest BCUT2D eigenvalue weighted by Crippen LogP contribution is -2.04. The molecule has 0 aliphatic carbocycles. The van der Waals surface area contributed by atoms with Crippen molar-refractivity contribution in [2.75, 3.05) is 0 Å². The normalized spacial score (nSPS) is 10.5. The number of ether oxygens (including phenoxy) is 1. The highest BCUT2D eigenvalue weighted by atomic mass is 16.5. The molecule has 0 aromatic heterocycles. The summed E-state index contributed by atoms with van der Waals surface area (Å²) in [6.45, 7) is 0. The van der Waals surface area contributed by atoms with Crippen LogP contribution in [0.25, 0.3) is 0 Å². The Labute approximate surface area is 178 Å². The van der Waals surface area contributed by atoms with Gasteiger partial charge in [-0.3, -0.25) is 9.59 Å². The van der Waals surface area contributed by atoms with Crippen LogP contribution in [0.3, 0.4) is 0 Å². The molecular weight excluding hydrogens is 392 g/mol. The summed E-state index contributed by atoms with van der Waals surface area (Å²) >= 11 is 0. The summed E-state index contributed by atoms with van der Waals surface area (Å²) < 4.78 is 5.93. The molecule has 0 bridgehead atoms. The van der Waals surface area contributed by atoms with E-state index in [2.05, 4.69) is 0 Å². The molecule has 31 heavy (non-hydrogen) atoms. The number of aromatic hydroxyl groups is 2. The molecule has 152 valence electrons. The average molecular weight is 410 g/mol. The fourth-order valence-corrected chi connectivity index (χ4v) is 3.20. The molecule has 5 heteroatoms. The third kappa shape index (κ3) is 4.16. The van der Waals surface area contributed by atoms with Gasteiger partial charge < -0.3 is 14.9 Å². The smallest absolute Gasteiger partial charge is 0.200 e. The van der Waals surface area contributed by atoms with Gasteiger partial charge in [-0.2, -0.15) is 0 Å². The zero-order valence-corrected chi connectivity index (χ0v) is 16.4. The highest BCUT2D eigenvalue weighted by Gasteiger charge is 2.18. The zero-order chi connectivity index (χ0) is 21.8. The van der Waals surface area contributed by atoms with E-state index in [4.69, 9.17) is 4.74 Å². The molecule has 0 atom stereocenters. The maximum Gasteiger partial charge on any atom is 0.200 e. The van der Waals surface area contributed by atoms with Crippen molar-refractivity contribution >= 4 is 11.6 Å². The molecular formula is C26H18O5. The van der Waals surface area contributed by atoms with E-state index in [0.717, 1.165) is 0 Å². The monoisotopic (exact) mass is 410 g/mol. The van der Waals surface area contributed by atoms with Gasteiger partial charge in [-0.1, -0.05) is 48.5 Å². The molecule has 5 nitrogen and oxygen atoms in total. The molecule has 4 rings (SSSR count). The number of ketones is 2. The Hall–Kier alpha value is -4.38. The van der Waals surface area contributed by atoms with Crippen LogP contribution in [0.15, 0.2) is 97.1 Å². The summed E-state index contributed by atoms with van der Waals surface area (Å²) in [6.07, 6.45) is 0. The van der Waals surface area contributed by atoms with Crippen molar-refractivity contribution in [3.05, 3.63) is 119 Å². The van der Waals surface area contributed by atoms with Gasteiger partial charge in [0.1, 0.15) is 23.0 Å². The maximum absolute atomic E-state index is 13.0. The summed E-state index contributed by atoms with van der Waals surface area (Å²) in [4.78, 5) is 25.7. The molecule has 0 fully saturated rings. The first-order valence-corrected chi connectivity index (χ1v) is 9.57. The quantitative estimate of drug-likeness (QED) is 0.419. The minimum absolute atomic E-state index is 0.0996. The molecule has 0 radical (unpaired) electrons. The van der Waals surface area contributed by atoms with Crippen molar-refractivity contribution < 1.29 is 24.5 Å². The maximum atomic E-state index is 13.0. The fraction of sp³-hybridized carbons (Fsp3) is 0. The number of hydrogen-bond acceptors (Lipinski definition) is 5. The number of rotatable bonds is 6. The molecule has 0 saturated carbocycles. The van der Waals surface area contributed by atoms with Crippen molar-refractivity contribution in [3.8, 4) is 23.0 Å². The van der Waals surface area contributed by atoms with Gasteiger partial charge in [0.25, 0.3) is 0 Å². The van der Waals surface area contributed by atoms with Crippen LogP contribution in [0.2, 0.25) is 0 Å². The fourth-order valence-electron chi connectivity index (χ4n) is 3.20. The van der Waals surface area contributed by atoms with Gasteiger partial charge in [-0.25, -0.2) is 0 Å². The van der Waals surface area contributed by atoms with Crippen LogP contribution >= 0.6 is 0 Å². The van der Waals surface area contributed by atoms with E-state index in [0.29, 0.717) is 17.1 Å². The van der Waals surface area contributed by atoms with Gasteiger partial charge in [0.05, 0.1) is 16.7 Å². The van der Waals surface area contributed by atoms with Crippen molar-refractivity contribution in [2.45, 2.75) is 0 Å². The Balaban J connectivity index is 1.65. The SMILES string of the molecule is O=C(c1cccc(Oc2ccccc2C(=O)c2ccccc2O)c1)c1ccccc1O. The lowest BCUT2D eigenvalue weighted by atomic mass is 10.0. The second-order valence-electron chi connectivity index (χ2n) is 6.82. The van der Waals surface area contributed by atoms with Crippen LogP contribution in [-0.4, -0.2) is 21.8 Å². The third-order valence-electron chi connectivity index (χ3n) is 4.75. The summed E-state index contributed by atoms with van der Waals surface area (Å²) in [5.41, 5.74) is 0.974. The lowest BCUT2D eigenvalue weighted by molar-refractivity contribution is 0.102. The standard InChI is InChI=1S/C26H18O5/c27-22-13-4-1-10-19(22)25(29)17-8-7-9-18(16-17)31-24-15-6-3-12-21(24)26(30)20-11-2-5-14-23(20)28/h1-16,27-28H. The number of carbonyl (C=O) groups excluding carboxylic acids is 2. The van der Waals surface area contributed by atoms with E-state index >= 15 is 0 Å². The molecule has 0 heterocycles. The molecule has 0 unspecified atom stereocenters. The van der Waals surface area contributed by atoms with Crippen LogP contribution in [0.5, 0.6) is 23.0 Å². The van der Waals surface area contributed by atoms with Crippen LogP contribution in [0.4, 0.5) is 0 Å². The Kier molecular flexibility index (Phi) is 5.49. The number of para-hydroxylation sites is 3. The van der Waals surface area contributed by atoms with E-state index in [1.165, 1.54) is 12.1 Å². The van der Waals surface area contributed by atoms with Crippen molar-refractivity contribution in [1.82, 2.24) is 0 Å². The van der Waals surface area contributed by atoms with Gasteiger partial charge >= 0.3 is 0 Å². The van der Waals surface area contributed by atoms with E-state index in [1.54, 1.807) is 84.9 Å². The Bertz CT molecular complexity index is 1280. The summed E-state index contributed by atoms with van der Waals surface area (Å²) in [5.74, 6) is -0.283. The first-order valence-electron chi connectivity index (χ1n) is 9.57. The predicted molar refractivity (Wildman–Crippen MR) is 116 cm³/mol.